The number of piperidine rings is 1. The van der Waals surface area contributed by atoms with Crippen molar-refractivity contribution in [1.29, 1.82) is 0 Å². The maximum absolute atomic E-state index is 11.2. The molecule has 0 aliphatic carbocycles. The summed E-state index contributed by atoms with van der Waals surface area (Å²) in [4.78, 5) is 13.6. The van der Waals surface area contributed by atoms with Crippen molar-refractivity contribution in [2.75, 3.05) is 26.7 Å². The summed E-state index contributed by atoms with van der Waals surface area (Å²) in [5, 5.41) is 9.79. The topological polar surface area (TPSA) is 49.8 Å². The van der Waals surface area contributed by atoms with Crippen LogP contribution in [-0.4, -0.2) is 48.8 Å². The summed E-state index contributed by atoms with van der Waals surface area (Å²) in [7, 11) is 1.32. The van der Waals surface area contributed by atoms with Gasteiger partial charge in [-0.25, -0.2) is 4.79 Å². The Hall–Kier alpha value is -0.610. The van der Waals surface area contributed by atoms with Gasteiger partial charge in [0.1, 0.15) is 0 Å². The Morgan fingerprint density at radius 2 is 2.25 bits per heavy atom. The second kappa shape index (κ2) is 6.21. The van der Waals surface area contributed by atoms with Crippen LogP contribution in [0.5, 0.6) is 0 Å². The van der Waals surface area contributed by atoms with Gasteiger partial charge in [-0.15, -0.1) is 0 Å². The molecular weight excluding hydrogens is 206 g/mol. The van der Waals surface area contributed by atoms with E-state index in [0.29, 0.717) is 5.92 Å². The highest BCUT2D eigenvalue weighted by molar-refractivity contribution is 5.74. The molecule has 0 amide bonds. The molecule has 16 heavy (non-hydrogen) atoms. The van der Waals surface area contributed by atoms with E-state index in [4.69, 9.17) is 0 Å². The van der Waals surface area contributed by atoms with Crippen molar-refractivity contribution in [1.82, 2.24) is 4.90 Å². The van der Waals surface area contributed by atoms with E-state index in [2.05, 4.69) is 23.5 Å². The van der Waals surface area contributed by atoms with Gasteiger partial charge in [-0.05, 0) is 25.3 Å². The number of hydrogen-bond donors (Lipinski definition) is 1. The third kappa shape index (κ3) is 3.76. The first-order chi connectivity index (χ1) is 7.54. The monoisotopic (exact) mass is 229 g/mol. The fraction of sp³-hybridized carbons (Fsp3) is 0.917. The van der Waals surface area contributed by atoms with Crippen LogP contribution < -0.4 is 0 Å². The van der Waals surface area contributed by atoms with Gasteiger partial charge in [-0.2, -0.15) is 0 Å². The van der Waals surface area contributed by atoms with E-state index in [0.717, 1.165) is 32.5 Å². The minimum Gasteiger partial charge on any atom is -0.467 e. The van der Waals surface area contributed by atoms with Crippen LogP contribution in [0.3, 0.4) is 0 Å². The lowest BCUT2D eigenvalue weighted by atomic mass is 9.92. The van der Waals surface area contributed by atoms with Crippen molar-refractivity contribution < 1.29 is 14.6 Å². The summed E-state index contributed by atoms with van der Waals surface area (Å²) in [6.07, 6.45) is 0.996. The van der Waals surface area contributed by atoms with Crippen LogP contribution >= 0.6 is 0 Å². The number of esters is 1. The SMILES string of the molecule is COC(=O)C(O)C1CCCN(CC(C)C)C1. The summed E-state index contributed by atoms with van der Waals surface area (Å²) < 4.78 is 4.57. The molecule has 0 saturated carbocycles. The van der Waals surface area contributed by atoms with Crippen LogP contribution in [0.25, 0.3) is 0 Å². The van der Waals surface area contributed by atoms with Gasteiger partial charge in [0, 0.05) is 19.0 Å². The summed E-state index contributed by atoms with van der Waals surface area (Å²) in [6.45, 7) is 7.27. The molecule has 4 nitrogen and oxygen atoms in total. The van der Waals surface area contributed by atoms with E-state index in [9.17, 15) is 9.90 Å². The van der Waals surface area contributed by atoms with E-state index in [1.54, 1.807) is 0 Å². The minimum absolute atomic E-state index is 0.0277. The number of nitrogens with zero attached hydrogens (tertiary/aromatic N) is 1. The first-order valence-corrected chi connectivity index (χ1v) is 6.02. The van der Waals surface area contributed by atoms with Crippen molar-refractivity contribution in [2.45, 2.75) is 32.8 Å². The maximum Gasteiger partial charge on any atom is 0.335 e. The third-order valence-electron chi connectivity index (χ3n) is 3.05. The second-order valence-electron chi connectivity index (χ2n) is 5.02. The molecule has 1 fully saturated rings. The molecule has 4 heteroatoms. The van der Waals surface area contributed by atoms with E-state index in [1.165, 1.54) is 7.11 Å². The maximum atomic E-state index is 11.2. The van der Waals surface area contributed by atoms with E-state index < -0.39 is 12.1 Å². The lowest BCUT2D eigenvalue weighted by Crippen LogP contribution is -2.44. The van der Waals surface area contributed by atoms with Crippen LogP contribution in [0.15, 0.2) is 0 Å². The van der Waals surface area contributed by atoms with E-state index in [1.807, 2.05) is 0 Å². The van der Waals surface area contributed by atoms with Crippen LogP contribution in [0, 0.1) is 11.8 Å². The average molecular weight is 229 g/mol. The first-order valence-electron chi connectivity index (χ1n) is 6.02. The summed E-state index contributed by atoms with van der Waals surface area (Å²) in [6, 6.07) is 0. The van der Waals surface area contributed by atoms with E-state index in [-0.39, 0.29) is 5.92 Å². The molecule has 1 saturated heterocycles. The number of carbonyl (C=O) groups is 1. The second-order valence-corrected chi connectivity index (χ2v) is 5.02. The molecule has 0 spiro atoms. The number of hydrogen-bond acceptors (Lipinski definition) is 4. The molecule has 0 aromatic carbocycles. The number of likely N-dealkylation sites (tertiary alicyclic amines) is 1. The molecule has 1 heterocycles. The Labute approximate surface area is 97.6 Å². The van der Waals surface area contributed by atoms with Crippen molar-refractivity contribution >= 4 is 5.97 Å². The molecule has 2 unspecified atom stereocenters. The summed E-state index contributed by atoms with van der Waals surface area (Å²) in [5.41, 5.74) is 0. The Kier molecular flexibility index (Phi) is 5.22. The van der Waals surface area contributed by atoms with Crippen molar-refractivity contribution in [3.63, 3.8) is 0 Å². The summed E-state index contributed by atoms with van der Waals surface area (Å²) in [5.74, 6) is 0.144. The molecule has 1 aliphatic rings. The van der Waals surface area contributed by atoms with Crippen LogP contribution in [0.4, 0.5) is 0 Å². The smallest absolute Gasteiger partial charge is 0.335 e. The number of methoxy groups -OCH3 is 1. The fourth-order valence-electron chi connectivity index (χ4n) is 2.34. The number of aliphatic hydroxyl groups is 1. The number of aliphatic hydroxyl groups excluding tert-OH is 1. The predicted molar refractivity (Wildman–Crippen MR) is 62.0 cm³/mol. The zero-order chi connectivity index (χ0) is 12.1. The quantitative estimate of drug-likeness (QED) is 0.727. The van der Waals surface area contributed by atoms with Crippen LogP contribution in [0.2, 0.25) is 0 Å². The van der Waals surface area contributed by atoms with Crippen LogP contribution in [-0.2, 0) is 9.53 Å². The molecule has 1 N–H and O–H groups in total. The minimum atomic E-state index is -0.958. The van der Waals surface area contributed by atoms with Crippen molar-refractivity contribution in [3.05, 3.63) is 0 Å². The predicted octanol–water partition coefficient (Wildman–Crippen LogP) is 0.888. The standard InChI is InChI=1S/C12H23NO3/c1-9(2)7-13-6-4-5-10(8-13)11(14)12(15)16-3/h9-11,14H,4-8H2,1-3H3. The van der Waals surface area contributed by atoms with Gasteiger partial charge in [0.15, 0.2) is 6.10 Å². The lowest BCUT2D eigenvalue weighted by molar-refractivity contribution is -0.154. The highest BCUT2D eigenvalue weighted by atomic mass is 16.5. The largest absolute Gasteiger partial charge is 0.467 e. The molecular formula is C12H23NO3. The average Bonchev–Trinajstić information content (AvgIpc) is 2.26. The van der Waals surface area contributed by atoms with Gasteiger partial charge in [0.25, 0.3) is 0 Å². The molecule has 94 valence electrons. The van der Waals surface area contributed by atoms with Gasteiger partial charge in [-0.1, -0.05) is 13.8 Å². The molecule has 0 aromatic heterocycles. The molecule has 1 rings (SSSR count). The van der Waals surface area contributed by atoms with Crippen LogP contribution in [0.1, 0.15) is 26.7 Å². The van der Waals surface area contributed by atoms with Gasteiger partial charge < -0.3 is 14.7 Å². The number of ether oxygens (including phenoxy) is 1. The molecule has 0 bridgehead atoms. The molecule has 0 aromatic rings. The Balaban J connectivity index is 2.46. The zero-order valence-electron chi connectivity index (χ0n) is 10.5. The van der Waals surface area contributed by atoms with Gasteiger partial charge in [0.05, 0.1) is 7.11 Å². The zero-order valence-corrected chi connectivity index (χ0v) is 10.5. The lowest BCUT2D eigenvalue weighted by Gasteiger charge is -2.35. The normalized spacial score (nSPS) is 24.4. The first kappa shape index (κ1) is 13.5. The van der Waals surface area contributed by atoms with Gasteiger partial charge >= 0.3 is 5.97 Å². The summed E-state index contributed by atoms with van der Waals surface area (Å²) >= 11 is 0. The Morgan fingerprint density at radius 1 is 1.56 bits per heavy atom. The highest BCUT2D eigenvalue weighted by Crippen LogP contribution is 2.21. The third-order valence-corrected chi connectivity index (χ3v) is 3.05. The van der Waals surface area contributed by atoms with Crippen molar-refractivity contribution in [2.24, 2.45) is 11.8 Å². The van der Waals surface area contributed by atoms with Gasteiger partial charge in [0.2, 0.25) is 0 Å². The molecule has 1 aliphatic heterocycles. The molecule has 0 radical (unpaired) electrons. The Morgan fingerprint density at radius 3 is 2.81 bits per heavy atom. The fourth-order valence-corrected chi connectivity index (χ4v) is 2.34. The number of carbonyl (C=O) groups excluding carboxylic acids is 1. The highest BCUT2D eigenvalue weighted by Gasteiger charge is 2.31. The van der Waals surface area contributed by atoms with Crippen molar-refractivity contribution in [3.8, 4) is 0 Å². The molecule has 2 atom stereocenters. The van der Waals surface area contributed by atoms with Gasteiger partial charge in [-0.3, -0.25) is 0 Å². The Bertz CT molecular complexity index is 230. The van der Waals surface area contributed by atoms with E-state index >= 15 is 0 Å². The number of rotatable bonds is 4.